The van der Waals surface area contributed by atoms with Crippen molar-refractivity contribution in [2.75, 3.05) is 25.4 Å². The van der Waals surface area contributed by atoms with Gasteiger partial charge in [0.15, 0.2) is 11.3 Å². The number of anilines is 1. The quantitative estimate of drug-likeness (QED) is 0.727. The number of hydrogen-bond acceptors (Lipinski definition) is 6. The molecular weight excluding hydrogens is 362 g/mol. The molecule has 0 unspecified atom stereocenters. The van der Waals surface area contributed by atoms with Gasteiger partial charge in [0.05, 0.1) is 22.3 Å². The van der Waals surface area contributed by atoms with E-state index in [1.807, 2.05) is 25.3 Å². The second-order valence-corrected chi connectivity index (χ2v) is 7.07. The van der Waals surface area contributed by atoms with E-state index in [4.69, 9.17) is 15.8 Å². The predicted molar refractivity (Wildman–Crippen MR) is 110 cm³/mol. The summed E-state index contributed by atoms with van der Waals surface area (Å²) in [6, 6.07) is 1.67. The molecular formula is C19H29N5O2S. The summed E-state index contributed by atoms with van der Waals surface area (Å²) in [5.41, 5.74) is 7.88. The Morgan fingerprint density at radius 2 is 2.30 bits per heavy atom. The highest BCUT2D eigenvalue weighted by atomic mass is 32.1. The first kappa shape index (κ1) is 21.1. The number of nitrogen functional groups attached to an aromatic ring is 1. The number of nitrogens with zero attached hydrogens (tertiary/aromatic N) is 3. The van der Waals surface area contributed by atoms with Crippen LogP contribution in [-0.4, -0.2) is 40.3 Å². The van der Waals surface area contributed by atoms with E-state index >= 15 is 0 Å². The molecule has 0 saturated carbocycles. The van der Waals surface area contributed by atoms with Crippen LogP contribution < -0.4 is 16.5 Å². The van der Waals surface area contributed by atoms with Crippen LogP contribution >= 0.6 is 11.3 Å². The lowest BCUT2D eigenvalue weighted by molar-refractivity contribution is 0.0697. The lowest BCUT2D eigenvalue weighted by Gasteiger charge is -2.21. The molecule has 27 heavy (non-hydrogen) atoms. The van der Waals surface area contributed by atoms with Gasteiger partial charge in [-0.25, -0.2) is 9.78 Å². The van der Waals surface area contributed by atoms with E-state index in [0.717, 1.165) is 23.7 Å². The molecule has 1 aliphatic heterocycles. The highest BCUT2D eigenvalue weighted by Gasteiger charge is 2.15. The van der Waals surface area contributed by atoms with Crippen molar-refractivity contribution in [1.82, 2.24) is 14.9 Å². The van der Waals surface area contributed by atoms with Crippen LogP contribution in [0.1, 0.15) is 44.0 Å². The van der Waals surface area contributed by atoms with Crippen LogP contribution in [0.5, 0.6) is 0 Å². The molecule has 0 amide bonds. The monoisotopic (exact) mass is 391 g/mol. The maximum absolute atomic E-state index is 11.1. The molecule has 0 aromatic carbocycles. The van der Waals surface area contributed by atoms with Gasteiger partial charge in [0.1, 0.15) is 0 Å². The van der Waals surface area contributed by atoms with Gasteiger partial charge >= 0.3 is 5.97 Å². The first-order chi connectivity index (χ1) is 13.1. The van der Waals surface area contributed by atoms with Crippen molar-refractivity contribution in [3.05, 3.63) is 28.7 Å². The maximum Gasteiger partial charge on any atom is 0.336 e. The Morgan fingerprint density at radius 1 is 1.52 bits per heavy atom. The number of piperidine rings is 1. The van der Waals surface area contributed by atoms with Gasteiger partial charge in [0.25, 0.3) is 0 Å². The molecule has 1 fully saturated rings. The Balaban J connectivity index is 0.00000126. The van der Waals surface area contributed by atoms with Crippen molar-refractivity contribution in [1.29, 1.82) is 0 Å². The minimum atomic E-state index is -0.927. The van der Waals surface area contributed by atoms with Crippen LogP contribution in [0.2, 0.25) is 0 Å². The number of carboxylic acid groups (broad SMARTS) is 1. The average Bonchev–Trinajstić information content (AvgIpc) is 3.19. The Morgan fingerprint density at radius 3 is 2.89 bits per heavy atom. The van der Waals surface area contributed by atoms with Gasteiger partial charge in [-0.1, -0.05) is 13.8 Å². The SMILES string of the molecule is CC.CCn1c(-c2cc(C(=O)O)cs2)cnc(N)c1=NC[C@H]1CCCNC1. The predicted octanol–water partition coefficient (Wildman–Crippen LogP) is 2.84. The van der Waals surface area contributed by atoms with E-state index in [1.54, 1.807) is 17.6 Å². The van der Waals surface area contributed by atoms with Crippen molar-refractivity contribution in [2.24, 2.45) is 10.9 Å². The highest BCUT2D eigenvalue weighted by Crippen LogP contribution is 2.26. The van der Waals surface area contributed by atoms with Crippen LogP contribution in [0, 0.1) is 5.92 Å². The number of aromatic carboxylic acids is 1. The Kier molecular flexibility index (Phi) is 7.99. The first-order valence-corrected chi connectivity index (χ1v) is 10.4. The fourth-order valence-corrected chi connectivity index (χ4v) is 3.97. The Bertz CT molecular complexity index is 822. The summed E-state index contributed by atoms with van der Waals surface area (Å²) >= 11 is 1.39. The minimum Gasteiger partial charge on any atom is -0.478 e. The normalized spacial score (nSPS) is 17.3. The third kappa shape index (κ3) is 5.17. The molecule has 8 heteroatoms. The van der Waals surface area contributed by atoms with Gasteiger partial charge in [0.2, 0.25) is 0 Å². The summed E-state index contributed by atoms with van der Waals surface area (Å²) in [5, 5.41) is 14.2. The van der Waals surface area contributed by atoms with E-state index in [1.165, 1.54) is 24.2 Å². The number of rotatable bonds is 5. The topological polar surface area (TPSA) is 106 Å². The summed E-state index contributed by atoms with van der Waals surface area (Å²) in [5.74, 6) is -0.00416. The second-order valence-electron chi connectivity index (χ2n) is 6.15. The highest BCUT2D eigenvalue weighted by molar-refractivity contribution is 7.13. The standard InChI is InChI=1S/C17H23N5O2S.C2H6/c1-2-22-13(14-6-12(10-25-14)17(23)24)9-20-15(18)16(22)21-8-11-4-3-5-19-7-11;1-2/h6,9-11,19H,2-5,7-8H2,1H3,(H2,18,20)(H,23,24);1-2H3/t11-;/m0./s1. The molecule has 0 spiro atoms. The smallest absolute Gasteiger partial charge is 0.336 e. The largest absolute Gasteiger partial charge is 0.478 e. The van der Waals surface area contributed by atoms with Crippen molar-refractivity contribution < 1.29 is 9.90 Å². The zero-order valence-electron chi connectivity index (χ0n) is 16.2. The number of carbonyl (C=O) groups is 1. The van der Waals surface area contributed by atoms with Gasteiger partial charge in [-0.15, -0.1) is 11.3 Å². The molecule has 2 aromatic heterocycles. The molecule has 7 nitrogen and oxygen atoms in total. The van der Waals surface area contributed by atoms with E-state index in [-0.39, 0.29) is 5.56 Å². The molecule has 148 valence electrons. The molecule has 0 bridgehead atoms. The van der Waals surface area contributed by atoms with Gasteiger partial charge in [-0.2, -0.15) is 0 Å². The van der Waals surface area contributed by atoms with Crippen LogP contribution in [0.3, 0.4) is 0 Å². The molecule has 3 rings (SSSR count). The average molecular weight is 392 g/mol. The third-order valence-corrected chi connectivity index (χ3v) is 5.37. The van der Waals surface area contributed by atoms with Crippen molar-refractivity contribution >= 4 is 23.1 Å². The molecule has 1 atom stereocenters. The number of thiophene rings is 1. The summed E-state index contributed by atoms with van der Waals surface area (Å²) < 4.78 is 2.01. The number of nitrogens with two attached hydrogens (primary N) is 1. The number of nitrogens with one attached hydrogen (secondary N) is 1. The van der Waals surface area contributed by atoms with E-state index in [9.17, 15) is 4.79 Å². The summed E-state index contributed by atoms with van der Waals surface area (Å²) in [6.45, 7) is 9.48. The first-order valence-electron chi connectivity index (χ1n) is 9.48. The third-order valence-electron chi connectivity index (χ3n) is 4.41. The lowest BCUT2D eigenvalue weighted by atomic mass is 10.0. The van der Waals surface area contributed by atoms with E-state index in [2.05, 4.69) is 10.3 Å². The molecule has 3 heterocycles. The van der Waals surface area contributed by atoms with Crippen molar-refractivity contribution in [3.8, 4) is 10.6 Å². The van der Waals surface area contributed by atoms with Crippen LogP contribution in [0.15, 0.2) is 22.6 Å². The maximum atomic E-state index is 11.1. The molecule has 4 N–H and O–H groups in total. The Labute approximate surface area is 164 Å². The van der Waals surface area contributed by atoms with Gasteiger partial charge in [0, 0.05) is 18.5 Å². The van der Waals surface area contributed by atoms with Crippen molar-refractivity contribution in [3.63, 3.8) is 0 Å². The van der Waals surface area contributed by atoms with Crippen LogP contribution in [0.4, 0.5) is 5.82 Å². The lowest BCUT2D eigenvalue weighted by Crippen LogP contribution is -2.33. The minimum absolute atomic E-state index is 0.284. The number of hydrogen-bond donors (Lipinski definition) is 3. The van der Waals surface area contributed by atoms with Crippen LogP contribution in [0.25, 0.3) is 10.6 Å². The van der Waals surface area contributed by atoms with Gasteiger partial charge in [-0.3, -0.25) is 4.99 Å². The number of carboxylic acids is 1. The zero-order valence-corrected chi connectivity index (χ0v) is 17.1. The fourth-order valence-electron chi connectivity index (χ4n) is 3.07. The van der Waals surface area contributed by atoms with Gasteiger partial charge < -0.3 is 20.7 Å². The number of aromatic nitrogens is 2. The van der Waals surface area contributed by atoms with Gasteiger partial charge in [-0.05, 0) is 44.8 Å². The molecule has 0 radical (unpaired) electrons. The van der Waals surface area contributed by atoms with E-state index in [0.29, 0.717) is 30.3 Å². The Hall–Kier alpha value is -2.19. The molecule has 1 aliphatic rings. The summed E-state index contributed by atoms with van der Waals surface area (Å²) in [6.07, 6.45) is 4.04. The molecule has 2 aromatic rings. The second kappa shape index (κ2) is 10.2. The zero-order chi connectivity index (χ0) is 19.8. The fraction of sp³-hybridized carbons (Fsp3) is 0.526. The molecule has 0 aliphatic carbocycles. The van der Waals surface area contributed by atoms with E-state index < -0.39 is 5.97 Å². The summed E-state index contributed by atoms with van der Waals surface area (Å²) in [4.78, 5) is 21.0. The molecule has 1 saturated heterocycles. The van der Waals surface area contributed by atoms with Crippen LogP contribution in [-0.2, 0) is 6.54 Å². The van der Waals surface area contributed by atoms with Crippen molar-refractivity contribution in [2.45, 2.75) is 40.2 Å². The summed E-state index contributed by atoms with van der Waals surface area (Å²) in [7, 11) is 0.